The molecule has 0 aromatic heterocycles. The molecule has 0 fully saturated rings. The van der Waals surface area contributed by atoms with Crippen LogP contribution in [0.2, 0.25) is 0 Å². The number of benzene rings is 5. The van der Waals surface area contributed by atoms with Gasteiger partial charge in [-0.15, -0.1) is 0 Å². The molecule has 5 aromatic rings. The molecule has 0 saturated carbocycles. The Morgan fingerprint density at radius 3 is 1.31 bits per heavy atom. The van der Waals surface area contributed by atoms with Gasteiger partial charge in [-0.3, -0.25) is 0 Å². The lowest BCUT2D eigenvalue weighted by Gasteiger charge is -2.38. The van der Waals surface area contributed by atoms with Crippen LogP contribution in [0.5, 0.6) is 5.75 Å². The van der Waals surface area contributed by atoms with Gasteiger partial charge in [-0.05, 0) is 66.2 Å². The van der Waals surface area contributed by atoms with Crippen LogP contribution in [-0.4, -0.2) is 7.11 Å². The van der Waals surface area contributed by atoms with E-state index in [2.05, 4.69) is 138 Å². The van der Waals surface area contributed by atoms with E-state index >= 15 is 0 Å². The highest BCUT2D eigenvalue weighted by Crippen LogP contribution is 2.60. The van der Waals surface area contributed by atoms with E-state index < -0.39 is 7.41 Å². The molecular weight excluding hydrogens is 445 g/mol. The third-order valence-electron chi connectivity index (χ3n) is 6.30. The molecule has 3 heteroatoms. The van der Waals surface area contributed by atoms with Crippen molar-refractivity contribution in [2.24, 2.45) is 0 Å². The molecule has 0 radical (unpaired) electrons. The molecule has 5 aromatic carbocycles. The van der Waals surface area contributed by atoms with E-state index in [1.807, 2.05) is 12.1 Å². The van der Waals surface area contributed by atoms with Gasteiger partial charge in [0.2, 0.25) is 7.41 Å². The van der Waals surface area contributed by atoms with Gasteiger partial charge in [0.15, 0.2) is 0 Å². The number of ether oxygens (including phenoxy) is 1. The first kappa shape index (κ1) is 22.9. The topological polar surface area (TPSA) is 12.5 Å². The Labute approximate surface area is 208 Å². The Balaban J connectivity index is 1.82. The summed E-state index contributed by atoms with van der Waals surface area (Å²) in [5.74, 6) is 0.871. The Morgan fingerprint density at radius 1 is 0.514 bits per heavy atom. The van der Waals surface area contributed by atoms with Crippen LogP contribution in [-0.2, 0) is 6.54 Å². The van der Waals surface area contributed by atoms with Crippen LogP contribution in [0.15, 0.2) is 146 Å². The van der Waals surface area contributed by atoms with Crippen molar-refractivity contribution in [3.63, 3.8) is 0 Å². The number of hydrogen-bond acceptors (Lipinski definition) is 2. The molecule has 0 bridgehead atoms. The van der Waals surface area contributed by atoms with Crippen molar-refractivity contribution in [2.75, 3.05) is 11.8 Å². The van der Waals surface area contributed by atoms with Gasteiger partial charge >= 0.3 is 0 Å². The van der Waals surface area contributed by atoms with Gasteiger partial charge in [-0.2, -0.15) is 0 Å². The zero-order valence-corrected chi connectivity index (χ0v) is 20.8. The van der Waals surface area contributed by atoms with Crippen molar-refractivity contribution in [2.45, 2.75) is 6.54 Å². The van der Waals surface area contributed by atoms with Gasteiger partial charge in [0, 0.05) is 0 Å². The summed E-state index contributed by atoms with van der Waals surface area (Å²) in [5.41, 5.74) is 2.44. The van der Waals surface area contributed by atoms with Gasteiger partial charge in [-0.25, -0.2) is 4.67 Å². The first-order valence-corrected chi connectivity index (χ1v) is 13.6. The minimum absolute atomic E-state index is 0.764. The molecular formula is C32H29NOP+. The molecule has 0 unspecified atom stereocenters. The minimum atomic E-state index is -2.27. The first-order valence-electron chi connectivity index (χ1n) is 11.8. The minimum Gasteiger partial charge on any atom is -0.497 e. The maximum atomic E-state index is 5.43. The second-order valence-corrected chi connectivity index (χ2v) is 11.7. The molecule has 0 N–H and O–H groups in total. The van der Waals surface area contributed by atoms with Crippen LogP contribution < -0.4 is 25.3 Å². The normalized spacial score (nSPS) is 11.1. The molecule has 0 spiro atoms. The average molecular weight is 475 g/mol. The molecule has 2 nitrogen and oxygen atoms in total. The lowest BCUT2D eigenvalue weighted by molar-refractivity contribution is 0.414. The van der Waals surface area contributed by atoms with Gasteiger partial charge < -0.3 is 4.74 Å². The van der Waals surface area contributed by atoms with E-state index in [9.17, 15) is 0 Å². The van der Waals surface area contributed by atoms with E-state index in [1.54, 1.807) is 7.11 Å². The number of nitrogens with zero attached hydrogens (tertiary/aromatic N) is 1. The summed E-state index contributed by atoms with van der Waals surface area (Å²) in [5, 5.41) is 3.99. The van der Waals surface area contributed by atoms with Crippen molar-refractivity contribution in [1.82, 2.24) is 0 Å². The first-order chi connectivity index (χ1) is 17.3. The largest absolute Gasteiger partial charge is 0.497 e. The van der Waals surface area contributed by atoms with E-state index in [-0.39, 0.29) is 0 Å². The second kappa shape index (κ2) is 10.6. The van der Waals surface area contributed by atoms with Gasteiger partial charge in [-0.1, -0.05) is 84.9 Å². The highest BCUT2D eigenvalue weighted by Gasteiger charge is 2.51. The van der Waals surface area contributed by atoms with E-state index in [0.29, 0.717) is 0 Å². The Bertz CT molecular complexity index is 1230. The Kier molecular flexibility index (Phi) is 6.93. The zero-order valence-electron chi connectivity index (χ0n) is 19.9. The number of hydrogen-bond donors (Lipinski definition) is 0. The summed E-state index contributed by atoms with van der Waals surface area (Å²) in [4.78, 5) is 0. The monoisotopic (exact) mass is 474 g/mol. The zero-order chi connectivity index (χ0) is 23.9. The highest BCUT2D eigenvalue weighted by atomic mass is 31.2. The average Bonchev–Trinajstić information content (AvgIpc) is 2.95. The maximum Gasteiger partial charge on any atom is 0.202 e. The molecule has 35 heavy (non-hydrogen) atoms. The quantitative estimate of drug-likeness (QED) is 0.235. The highest BCUT2D eigenvalue weighted by molar-refractivity contribution is 7.96. The fourth-order valence-corrected chi connectivity index (χ4v) is 9.07. The van der Waals surface area contributed by atoms with E-state index in [0.717, 1.165) is 12.3 Å². The van der Waals surface area contributed by atoms with E-state index in [4.69, 9.17) is 4.74 Å². The maximum absolute atomic E-state index is 5.43. The molecule has 0 aliphatic heterocycles. The number of anilines is 1. The van der Waals surface area contributed by atoms with Crippen molar-refractivity contribution in [1.29, 1.82) is 0 Å². The molecule has 0 aliphatic rings. The van der Waals surface area contributed by atoms with Crippen molar-refractivity contribution < 1.29 is 4.74 Å². The molecule has 0 heterocycles. The van der Waals surface area contributed by atoms with E-state index in [1.165, 1.54) is 27.2 Å². The SMILES string of the molecule is COc1ccc(CN(c2ccccc2)[P+](c2ccccc2)(c2ccccc2)c2ccccc2)cc1. The third kappa shape index (κ3) is 4.58. The number of para-hydroxylation sites is 1. The van der Waals surface area contributed by atoms with Crippen LogP contribution >= 0.6 is 7.41 Å². The fraction of sp³-hybridized carbons (Fsp3) is 0.0625. The Morgan fingerprint density at radius 2 is 0.914 bits per heavy atom. The molecule has 0 saturated heterocycles. The van der Waals surface area contributed by atoms with Crippen LogP contribution in [0.1, 0.15) is 5.56 Å². The summed E-state index contributed by atoms with van der Waals surface area (Å²) in [6, 6.07) is 52.2. The number of rotatable bonds is 8. The van der Waals surface area contributed by atoms with Gasteiger partial charge in [0.25, 0.3) is 0 Å². The summed E-state index contributed by atoms with van der Waals surface area (Å²) in [7, 11) is -0.557. The van der Waals surface area contributed by atoms with Crippen molar-refractivity contribution in [3.05, 3.63) is 151 Å². The lowest BCUT2D eigenvalue weighted by atomic mass is 10.2. The summed E-state index contributed by atoms with van der Waals surface area (Å²) < 4.78 is 8.06. The number of methoxy groups -OCH3 is 1. The predicted octanol–water partition coefficient (Wildman–Crippen LogP) is 6.61. The van der Waals surface area contributed by atoms with Crippen LogP contribution in [0, 0.1) is 0 Å². The Hall–Kier alpha value is -3.87. The van der Waals surface area contributed by atoms with Crippen LogP contribution in [0.25, 0.3) is 0 Å². The molecule has 0 amide bonds. The third-order valence-corrected chi connectivity index (χ3v) is 10.5. The summed E-state index contributed by atoms with van der Waals surface area (Å²) >= 11 is 0. The molecule has 172 valence electrons. The summed E-state index contributed by atoms with van der Waals surface area (Å²) in [6.07, 6.45) is 0. The molecule has 5 rings (SSSR count). The molecule has 0 atom stereocenters. The predicted molar refractivity (Wildman–Crippen MR) is 151 cm³/mol. The smallest absolute Gasteiger partial charge is 0.202 e. The van der Waals surface area contributed by atoms with Crippen molar-refractivity contribution in [3.8, 4) is 5.75 Å². The molecule has 0 aliphatic carbocycles. The van der Waals surface area contributed by atoms with Crippen LogP contribution in [0.4, 0.5) is 5.69 Å². The fourth-order valence-electron chi connectivity index (χ4n) is 4.67. The van der Waals surface area contributed by atoms with Gasteiger partial charge in [0.1, 0.15) is 21.7 Å². The summed E-state index contributed by atoms with van der Waals surface area (Å²) in [6.45, 7) is 0.764. The van der Waals surface area contributed by atoms with Crippen LogP contribution in [0.3, 0.4) is 0 Å². The van der Waals surface area contributed by atoms with Crippen molar-refractivity contribution >= 4 is 29.0 Å². The standard InChI is InChI=1S/C32H29NOP/c1-34-29-24-22-27(23-25-29)26-33(28-14-6-2-7-15-28)35(30-16-8-3-9-17-30,31-18-10-4-11-19-31)32-20-12-5-13-21-32/h2-25H,26H2,1H3/q+1. The van der Waals surface area contributed by atoms with Gasteiger partial charge in [0.05, 0.1) is 19.3 Å². The second-order valence-electron chi connectivity index (χ2n) is 8.38. The lowest BCUT2D eigenvalue weighted by Crippen LogP contribution is -2.43.